The van der Waals surface area contributed by atoms with Crippen molar-refractivity contribution >= 4 is 12.4 Å². The van der Waals surface area contributed by atoms with E-state index in [1.807, 2.05) is 0 Å². The lowest BCUT2D eigenvalue weighted by molar-refractivity contribution is -0.275. The minimum Gasteiger partial charge on any atom is -0.403 e. The van der Waals surface area contributed by atoms with Gasteiger partial charge in [0.2, 0.25) is 0 Å². The summed E-state index contributed by atoms with van der Waals surface area (Å²) in [4.78, 5) is 0. The maximum absolute atomic E-state index is 13.2. The Hall–Kier alpha value is -1.05. The third kappa shape index (κ3) is 5.07. The van der Waals surface area contributed by atoms with Crippen molar-refractivity contribution in [1.29, 1.82) is 0 Å². The van der Waals surface area contributed by atoms with Crippen molar-refractivity contribution in [3.05, 3.63) is 29.6 Å². The van der Waals surface area contributed by atoms with Gasteiger partial charge in [-0.2, -0.15) is 0 Å². The summed E-state index contributed by atoms with van der Waals surface area (Å²) in [5.74, 6) is -2.05. The third-order valence-corrected chi connectivity index (χ3v) is 2.05. The highest BCUT2D eigenvalue weighted by Crippen LogP contribution is 2.27. The van der Waals surface area contributed by atoms with Crippen LogP contribution >= 0.6 is 12.4 Å². The van der Waals surface area contributed by atoms with Crippen LogP contribution in [0.15, 0.2) is 18.2 Å². The van der Waals surface area contributed by atoms with Gasteiger partial charge in [0.1, 0.15) is 0 Å². The van der Waals surface area contributed by atoms with Crippen molar-refractivity contribution in [3.8, 4) is 5.75 Å². The number of aliphatic hydroxyl groups excluding tert-OH is 1. The average Bonchev–Trinajstić information content (AvgIpc) is 2.19. The van der Waals surface area contributed by atoms with Crippen LogP contribution in [0.2, 0.25) is 0 Å². The summed E-state index contributed by atoms with van der Waals surface area (Å²) in [5, 5.41) is 8.63. The molecule has 1 rings (SSSR count). The molecule has 0 unspecified atom stereocenters. The molecule has 0 aromatic heterocycles. The topological polar surface area (TPSA) is 55.5 Å². The number of halogens is 5. The smallest absolute Gasteiger partial charge is 0.403 e. The summed E-state index contributed by atoms with van der Waals surface area (Å²) in [7, 11) is 0. The minimum absolute atomic E-state index is 0. The molecule has 0 amide bonds. The normalized spacial score (nSPS) is 12.8. The van der Waals surface area contributed by atoms with E-state index >= 15 is 0 Å². The molecule has 0 saturated carbocycles. The van der Waals surface area contributed by atoms with Crippen LogP contribution in [-0.2, 0) is 0 Å². The first kappa shape index (κ1) is 16.9. The molecule has 3 nitrogen and oxygen atoms in total. The Balaban J connectivity index is 0.00000289. The largest absolute Gasteiger partial charge is 0.573 e. The Kier molecular flexibility index (Phi) is 6.37. The predicted octanol–water partition coefficient (Wildman–Crippen LogP) is 2.53. The van der Waals surface area contributed by atoms with Gasteiger partial charge in [0.25, 0.3) is 0 Å². The maximum atomic E-state index is 13.2. The first-order chi connectivity index (χ1) is 7.83. The lowest BCUT2D eigenvalue weighted by Crippen LogP contribution is -2.18. The molecule has 0 bridgehead atoms. The Labute approximate surface area is 107 Å². The van der Waals surface area contributed by atoms with E-state index in [2.05, 4.69) is 4.74 Å². The van der Waals surface area contributed by atoms with E-state index in [1.165, 1.54) is 6.07 Å². The Morgan fingerprint density at radius 1 is 1.33 bits per heavy atom. The summed E-state index contributed by atoms with van der Waals surface area (Å²) in [5.41, 5.74) is 5.86. The van der Waals surface area contributed by atoms with Crippen LogP contribution in [0.4, 0.5) is 17.6 Å². The second-order valence-corrected chi connectivity index (χ2v) is 3.36. The zero-order valence-corrected chi connectivity index (χ0v) is 9.89. The van der Waals surface area contributed by atoms with Crippen LogP contribution in [0.5, 0.6) is 5.75 Å². The van der Waals surface area contributed by atoms with E-state index < -0.39 is 24.0 Å². The second-order valence-electron chi connectivity index (χ2n) is 3.36. The molecular formula is C10H12ClF4NO2. The monoisotopic (exact) mass is 289 g/mol. The standard InChI is InChI=1S/C10H11F4NO2.ClH/c11-7-5-6(8(15)3-4-16)1-2-9(7)17-10(12,13)14;/h1-2,5,8,16H,3-4,15H2;1H/t8-;/m0./s1. The van der Waals surface area contributed by atoms with E-state index in [0.29, 0.717) is 5.56 Å². The van der Waals surface area contributed by atoms with Gasteiger partial charge in [-0.3, -0.25) is 0 Å². The van der Waals surface area contributed by atoms with Crippen molar-refractivity contribution in [2.24, 2.45) is 5.73 Å². The Morgan fingerprint density at radius 2 is 1.94 bits per heavy atom. The summed E-state index contributed by atoms with van der Waals surface area (Å²) in [6, 6.07) is 2.32. The zero-order chi connectivity index (χ0) is 13.1. The van der Waals surface area contributed by atoms with Gasteiger partial charge in [0.05, 0.1) is 0 Å². The Morgan fingerprint density at radius 3 is 2.39 bits per heavy atom. The molecule has 0 aliphatic rings. The van der Waals surface area contributed by atoms with Crippen molar-refractivity contribution in [3.63, 3.8) is 0 Å². The van der Waals surface area contributed by atoms with E-state index in [9.17, 15) is 17.6 Å². The lowest BCUT2D eigenvalue weighted by atomic mass is 10.0. The Bertz CT molecular complexity index is 387. The quantitative estimate of drug-likeness (QED) is 0.838. The second kappa shape index (κ2) is 6.77. The van der Waals surface area contributed by atoms with E-state index in [-0.39, 0.29) is 25.4 Å². The fourth-order valence-corrected chi connectivity index (χ4v) is 1.26. The fourth-order valence-electron chi connectivity index (χ4n) is 1.26. The average molecular weight is 290 g/mol. The summed E-state index contributed by atoms with van der Waals surface area (Å²) < 4.78 is 52.3. The highest BCUT2D eigenvalue weighted by molar-refractivity contribution is 5.85. The van der Waals surface area contributed by atoms with Gasteiger partial charge in [-0.05, 0) is 24.1 Å². The summed E-state index contributed by atoms with van der Waals surface area (Å²) in [6.45, 7) is -0.191. The van der Waals surface area contributed by atoms with Gasteiger partial charge in [0.15, 0.2) is 11.6 Å². The number of benzene rings is 1. The zero-order valence-electron chi connectivity index (χ0n) is 9.08. The molecule has 0 aliphatic carbocycles. The van der Waals surface area contributed by atoms with Crippen LogP contribution in [0.25, 0.3) is 0 Å². The van der Waals surface area contributed by atoms with Gasteiger partial charge >= 0.3 is 6.36 Å². The molecule has 0 fully saturated rings. The van der Waals surface area contributed by atoms with Crippen LogP contribution in [-0.4, -0.2) is 18.1 Å². The molecule has 1 aromatic rings. The highest BCUT2D eigenvalue weighted by Gasteiger charge is 2.32. The van der Waals surface area contributed by atoms with Crippen LogP contribution in [0, 0.1) is 5.82 Å². The molecule has 0 radical (unpaired) electrons. The minimum atomic E-state index is -4.93. The maximum Gasteiger partial charge on any atom is 0.573 e. The van der Waals surface area contributed by atoms with E-state index in [0.717, 1.165) is 12.1 Å². The molecule has 1 atom stereocenters. The predicted molar refractivity (Wildman–Crippen MR) is 59.0 cm³/mol. The number of rotatable bonds is 4. The number of aliphatic hydroxyl groups is 1. The number of hydrogen-bond acceptors (Lipinski definition) is 3. The third-order valence-electron chi connectivity index (χ3n) is 2.05. The van der Waals surface area contributed by atoms with Gasteiger partial charge in [-0.1, -0.05) is 6.07 Å². The number of alkyl halides is 3. The van der Waals surface area contributed by atoms with Gasteiger partial charge in [-0.25, -0.2) is 4.39 Å². The number of ether oxygens (including phenoxy) is 1. The van der Waals surface area contributed by atoms with Crippen LogP contribution in [0.1, 0.15) is 18.0 Å². The fraction of sp³-hybridized carbons (Fsp3) is 0.400. The van der Waals surface area contributed by atoms with Crippen molar-refractivity contribution in [1.82, 2.24) is 0 Å². The molecule has 104 valence electrons. The first-order valence-corrected chi connectivity index (χ1v) is 4.75. The van der Waals surface area contributed by atoms with Gasteiger partial charge in [0, 0.05) is 12.6 Å². The molecule has 0 spiro atoms. The number of nitrogens with two attached hydrogens (primary N) is 1. The van der Waals surface area contributed by atoms with Crippen molar-refractivity contribution in [2.45, 2.75) is 18.8 Å². The molecule has 18 heavy (non-hydrogen) atoms. The van der Waals surface area contributed by atoms with Gasteiger partial charge < -0.3 is 15.6 Å². The summed E-state index contributed by atoms with van der Waals surface area (Å²) in [6.07, 6.45) is -4.74. The van der Waals surface area contributed by atoms with Crippen molar-refractivity contribution in [2.75, 3.05) is 6.61 Å². The van der Waals surface area contributed by atoms with Crippen LogP contribution < -0.4 is 10.5 Å². The van der Waals surface area contributed by atoms with Crippen molar-refractivity contribution < 1.29 is 27.4 Å². The number of hydrogen-bond donors (Lipinski definition) is 2. The summed E-state index contributed by atoms with van der Waals surface area (Å²) >= 11 is 0. The molecule has 0 heterocycles. The first-order valence-electron chi connectivity index (χ1n) is 4.75. The van der Waals surface area contributed by atoms with E-state index in [1.54, 1.807) is 0 Å². The SMILES string of the molecule is Cl.N[C@@H](CCO)c1ccc(OC(F)(F)F)c(F)c1. The molecule has 3 N–H and O–H groups in total. The van der Waals surface area contributed by atoms with E-state index in [4.69, 9.17) is 10.8 Å². The van der Waals surface area contributed by atoms with Crippen LogP contribution in [0.3, 0.4) is 0 Å². The molecule has 0 saturated heterocycles. The van der Waals surface area contributed by atoms with Gasteiger partial charge in [-0.15, -0.1) is 25.6 Å². The molecular weight excluding hydrogens is 278 g/mol. The molecule has 8 heteroatoms. The lowest BCUT2D eigenvalue weighted by Gasteiger charge is -2.13. The highest BCUT2D eigenvalue weighted by atomic mass is 35.5. The molecule has 0 aliphatic heterocycles. The molecule has 1 aromatic carbocycles.